The second-order valence-corrected chi connectivity index (χ2v) is 9.28. The molecule has 0 bridgehead atoms. The largest absolute Gasteiger partial charge is 0.372 e. The summed E-state index contributed by atoms with van der Waals surface area (Å²) in [5.41, 5.74) is 2.18. The fraction of sp³-hybridized carbons (Fsp3) is 0.462. The molecule has 0 radical (unpaired) electrons. The molecule has 2 saturated heterocycles. The number of benzene rings is 1. The van der Waals surface area contributed by atoms with Crippen molar-refractivity contribution in [3.05, 3.63) is 54.6 Å². The number of aromatic nitrogens is 3. The van der Waals surface area contributed by atoms with Gasteiger partial charge in [-0.05, 0) is 55.2 Å². The molecule has 178 valence electrons. The van der Waals surface area contributed by atoms with Crippen molar-refractivity contribution >= 4 is 17.4 Å². The lowest BCUT2D eigenvalue weighted by Gasteiger charge is -2.35. The first kappa shape index (κ1) is 22.4. The van der Waals surface area contributed by atoms with Crippen molar-refractivity contribution in [2.24, 2.45) is 5.92 Å². The Hall–Kier alpha value is -3.42. The molecular formula is C26H32N6O2. The van der Waals surface area contributed by atoms with E-state index >= 15 is 0 Å². The van der Waals surface area contributed by atoms with Crippen LogP contribution in [0.1, 0.15) is 32.1 Å². The van der Waals surface area contributed by atoms with E-state index < -0.39 is 0 Å². The summed E-state index contributed by atoms with van der Waals surface area (Å²) in [5, 5.41) is 4.13. The van der Waals surface area contributed by atoms with Crippen molar-refractivity contribution in [2.75, 3.05) is 49.1 Å². The van der Waals surface area contributed by atoms with E-state index in [1.165, 1.54) is 18.5 Å². The molecule has 2 aromatic heterocycles. The molecule has 1 aromatic carbocycles. The molecule has 3 aromatic rings. The van der Waals surface area contributed by atoms with Gasteiger partial charge in [0.15, 0.2) is 0 Å². The second kappa shape index (κ2) is 10.2. The number of pyridine rings is 1. The third-order valence-electron chi connectivity index (χ3n) is 6.90. The molecule has 2 aliphatic rings. The molecule has 0 saturated carbocycles. The van der Waals surface area contributed by atoms with Gasteiger partial charge in [0.25, 0.3) is 0 Å². The van der Waals surface area contributed by atoms with E-state index in [-0.39, 0.29) is 5.91 Å². The molecule has 5 rings (SSSR count). The quantitative estimate of drug-likeness (QED) is 0.556. The maximum absolute atomic E-state index is 12.7. The number of carbonyl (C=O) groups excluding carboxylic acids is 1. The predicted octanol–water partition coefficient (Wildman–Crippen LogP) is 3.65. The Kier molecular flexibility index (Phi) is 6.74. The van der Waals surface area contributed by atoms with Gasteiger partial charge in [-0.25, -0.2) is 4.98 Å². The third-order valence-corrected chi connectivity index (χ3v) is 6.90. The number of piperazine rings is 1. The van der Waals surface area contributed by atoms with Gasteiger partial charge in [-0.1, -0.05) is 18.1 Å². The molecule has 8 nitrogen and oxygen atoms in total. The summed E-state index contributed by atoms with van der Waals surface area (Å²) >= 11 is 0. The summed E-state index contributed by atoms with van der Waals surface area (Å²) < 4.78 is 5.43. The summed E-state index contributed by atoms with van der Waals surface area (Å²) in [6, 6.07) is 14.3. The Morgan fingerprint density at radius 1 is 0.971 bits per heavy atom. The summed E-state index contributed by atoms with van der Waals surface area (Å²) in [5.74, 6) is 2.98. The smallest absolute Gasteiger partial charge is 0.227 e. The minimum Gasteiger partial charge on any atom is -0.372 e. The summed E-state index contributed by atoms with van der Waals surface area (Å²) in [4.78, 5) is 28.2. The first-order valence-corrected chi connectivity index (χ1v) is 12.3. The Labute approximate surface area is 200 Å². The van der Waals surface area contributed by atoms with E-state index in [0.29, 0.717) is 37.6 Å². The Morgan fingerprint density at radius 3 is 2.44 bits per heavy atom. The van der Waals surface area contributed by atoms with Crippen molar-refractivity contribution in [1.29, 1.82) is 0 Å². The number of rotatable bonds is 6. The minimum atomic E-state index is 0.126. The van der Waals surface area contributed by atoms with Crippen LogP contribution in [-0.2, 0) is 11.2 Å². The van der Waals surface area contributed by atoms with Crippen LogP contribution >= 0.6 is 0 Å². The number of hydrogen-bond donors (Lipinski definition) is 0. The van der Waals surface area contributed by atoms with Crippen molar-refractivity contribution in [3.8, 4) is 11.4 Å². The maximum Gasteiger partial charge on any atom is 0.227 e. The number of hydrogen-bond acceptors (Lipinski definition) is 7. The first-order chi connectivity index (χ1) is 16.7. The van der Waals surface area contributed by atoms with E-state index in [0.717, 1.165) is 43.5 Å². The summed E-state index contributed by atoms with van der Waals surface area (Å²) in [7, 11) is 0. The van der Waals surface area contributed by atoms with E-state index in [4.69, 9.17) is 4.52 Å². The zero-order valence-electron chi connectivity index (χ0n) is 19.8. The lowest BCUT2D eigenvalue weighted by Crippen LogP contribution is -2.49. The highest BCUT2D eigenvalue weighted by Gasteiger charge is 2.22. The Balaban J connectivity index is 1.11. The van der Waals surface area contributed by atoms with Crippen LogP contribution in [0.25, 0.3) is 11.4 Å². The average molecular weight is 461 g/mol. The van der Waals surface area contributed by atoms with Gasteiger partial charge in [0.2, 0.25) is 17.6 Å². The fourth-order valence-corrected chi connectivity index (χ4v) is 4.66. The second-order valence-electron chi connectivity index (χ2n) is 9.28. The van der Waals surface area contributed by atoms with Gasteiger partial charge in [0.1, 0.15) is 5.82 Å². The number of piperidine rings is 1. The zero-order chi connectivity index (χ0) is 23.3. The van der Waals surface area contributed by atoms with Gasteiger partial charge in [-0.15, -0.1) is 0 Å². The third kappa shape index (κ3) is 5.21. The van der Waals surface area contributed by atoms with E-state index in [1.54, 1.807) is 6.20 Å². The van der Waals surface area contributed by atoms with E-state index in [9.17, 15) is 4.79 Å². The van der Waals surface area contributed by atoms with Crippen LogP contribution in [0.5, 0.6) is 0 Å². The van der Waals surface area contributed by atoms with Crippen molar-refractivity contribution in [3.63, 3.8) is 0 Å². The van der Waals surface area contributed by atoms with Gasteiger partial charge in [-0.3, -0.25) is 4.79 Å². The molecular weight excluding hydrogens is 428 g/mol. The molecule has 0 unspecified atom stereocenters. The zero-order valence-corrected chi connectivity index (χ0v) is 19.8. The summed E-state index contributed by atoms with van der Waals surface area (Å²) in [6.07, 6.45) is 5.12. The van der Waals surface area contributed by atoms with Crippen molar-refractivity contribution in [2.45, 2.75) is 32.6 Å². The Bertz CT molecular complexity index is 1070. The van der Waals surface area contributed by atoms with E-state index in [2.05, 4.69) is 44.0 Å². The fourth-order valence-electron chi connectivity index (χ4n) is 4.66. The molecule has 2 aliphatic heterocycles. The number of nitrogens with zero attached hydrogens (tertiary/aromatic N) is 6. The molecule has 0 spiro atoms. The highest BCUT2D eigenvalue weighted by molar-refractivity contribution is 5.76. The number of anilines is 2. The summed E-state index contributed by atoms with van der Waals surface area (Å²) in [6.45, 7) is 7.53. The van der Waals surface area contributed by atoms with Gasteiger partial charge >= 0.3 is 0 Å². The van der Waals surface area contributed by atoms with Crippen LogP contribution in [0.2, 0.25) is 0 Å². The van der Waals surface area contributed by atoms with Crippen LogP contribution in [-0.4, -0.2) is 65.2 Å². The normalized spacial score (nSPS) is 17.3. The first-order valence-electron chi connectivity index (χ1n) is 12.3. The highest BCUT2D eigenvalue weighted by Crippen LogP contribution is 2.25. The minimum absolute atomic E-state index is 0.126. The lowest BCUT2D eigenvalue weighted by atomic mass is 9.98. The van der Waals surface area contributed by atoms with Crippen molar-refractivity contribution in [1.82, 2.24) is 20.0 Å². The SMILES string of the molecule is CC1CCN(c2ccc(-c3noc(CCC(=O)N4CCN(c5ccccn5)CC4)n3)cc2)CC1. The molecule has 0 aliphatic carbocycles. The molecule has 0 N–H and O–H groups in total. The van der Waals surface area contributed by atoms with Gasteiger partial charge < -0.3 is 19.2 Å². The van der Waals surface area contributed by atoms with Gasteiger partial charge in [0.05, 0.1) is 0 Å². The number of aryl methyl sites for hydroxylation is 1. The molecule has 4 heterocycles. The standard InChI is InChI=1S/C26H32N6O2/c1-20-11-14-30(15-12-20)22-7-5-21(6-8-22)26-28-24(34-29-26)9-10-25(33)32-18-16-31(17-19-32)23-4-2-3-13-27-23/h2-8,13,20H,9-12,14-19H2,1H3. The molecule has 1 amide bonds. The number of carbonyl (C=O) groups is 1. The monoisotopic (exact) mass is 460 g/mol. The van der Waals surface area contributed by atoms with Crippen LogP contribution in [0.3, 0.4) is 0 Å². The van der Waals surface area contributed by atoms with Crippen LogP contribution < -0.4 is 9.80 Å². The predicted molar refractivity (Wildman–Crippen MR) is 132 cm³/mol. The lowest BCUT2D eigenvalue weighted by molar-refractivity contribution is -0.131. The van der Waals surface area contributed by atoms with Crippen molar-refractivity contribution < 1.29 is 9.32 Å². The maximum atomic E-state index is 12.7. The molecule has 34 heavy (non-hydrogen) atoms. The Morgan fingerprint density at radius 2 is 1.74 bits per heavy atom. The topological polar surface area (TPSA) is 78.6 Å². The molecule has 0 atom stereocenters. The van der Waals surface area contributed by atoms with Gasteiger partial charge in [0, 0.05) is 69.6 Å². The highest BCUT2D eigenvalue weighted by atomic mass is 16.5. The van der Waals surface area contributed by atoms with Gasteiger partial charge in [-0.2, -0.15) is 4.98 Å². The van der Waals surface area contributed by atoms with E-state index in [1.807, 2.05) is 35.2 Å². The van der Waals surface area contributed by atoms with Crippen LogP contribution in [0, 0.1) is 5.92 Å². The average Bonchev–Trinajstić information content (AvgIpc) is 3.38. The number of amides is 1. The van der Waals surface area contributed by atoms with Crippen LogP contribution in [0.4, 0.5) is 11.5 Å². The van der Waals surface area contributed by atoms with Crippen LogP contribution in [0.15, 0.2) is 53.2 Å². The molecule has 2 fully saturated rings. The molecule has 8 heteroatoms.